The molecule has 2 aromatic heterocycles. The van der Waals surface area contributed by atoms with Gasteiger partial charge in [-0.05, 0) is 43.7 Å². The van der Waals surface area contributed by atoms with E-state index in [9.17, 15) is 4.79 Å². The number of aryl methyl sites for hydroxylation is 2. The molecule has 0 saturated heterocycles. The number of benzene rings is 1. The van der Waals surface area contributed by atoms with Gasteiger partial charge in [-0.2, -0.15) is 0 Å². The first-order valence-corrected chi connectivity index (χ1v) is 7.67. The number of amides is 1. The Morgan fingerprint density at radius 2 is 2.08 bits per heavy atom. The van der Waals surface area contributed by atoms with Crippen molar-refractivity contribution in [2.45, 2.75) is 26.8 Å². The second-order valence-corrected chi connectivity index (χ2v) is 5.60. The Balaban J connectivity index is 1.71. The predicted octanol–water partition coefficient (Wildman–Crippen LogP) is 3.19. The number of hydrogen-bond donors (Lipinski definition) is 2. The van der Waals surface area contributed by atoms with E-state index < -0.39 is 0 Å². The predicted molar refractivity (Wildman–Crippen MR) is 89.8 cm³/mol. The largest absolute Gasteiger partial charge is 0.456 e. The van der Waals surface area contributed by atoms with Crippen LogP contribution in [0, 0.1) is 13.8 Å². The summed E-state index contributed by atoms with van der Waals surface area (Å²) in [5.41, 5.74) is 9.05. The number of nitrogens with two attached hydrogens (primary N) is 1. The van der Waals surface area contributed by atoms with Crippen molar-refractivity contribution >= 4 is 11.6 Å². The van der Waals surface area contributed by atoms with Crippen LogP contribution < -0.4 is 11.1 Å². The normalized spacial score (nSPS) is 10.8. The smallest absolute Gasteiger partial charge is 0.291 e. The Hall–Kier alpha value is -2.86. The van der Waals surface area contributed by atoms with Crippen LogP contribution in [0.15, 0.2) is 45.3 Å². The van der Waals surface area contributed by atoms with Gasteiger partial charge >= 0.3 is 0 Å². The van der Waals surface area contributed by atoms with E-state index in [0.717, 1.165) is 22.6 Å². The summed E-state index contributed by atoms with van der Waals surface area (Å²) in [5.74, 6) is 1.41. The van der Waals surface area contributed by atoms with E-state index in [0.29, 0.717) is 24.4 Å². The maximum absolute atomic E-state index is 12.3. The Kier molecular flexibility index (Phi) is 4.48. The third kappa shape index (κ3) is 3.38. The molecule has 124 valence electrons. The molecule has 0 aliphatic carbocycles. The van der Waals surface area contributed by atoms with E-state index in [1.54, 1.807) is 12.1 Å². The molecule has 0 aliphatic heterocycles. The Bertz CT molecular complexity index is 845. The van der Waals surface area contributed by atoms with Crippen LogP contribution in [0.25, 0.3) is 0 Å². The van der Waals surface area contributed by atoms with Crippen molar-refractivity contribution in [3.8, 4) is 0 Å². The summed E-state index contributed by atoms with van der Waals surface area (Å²) in [6, 6.07) is 10.9. The number of anilines is 1. The van der Waals surface area contributed by atoms with Crippen LogP contribution in [0.4, 0.5) is 5.69 Å². The molecule has 0 radical (unpaired) electrons. The zero-order valence-electron chi connectivity index (χ0n) is 13.6. The lowest BCUT2D eigenvalue weighted by molar-refractivity contribution is 0.0995. The summed E-state index contributed by atoms with van der Waals surface area (Å²) in [5, 5.41) is 6.73. The van der Waals surface area contributed by atoms with Gasteiger partial charge in [0.2, 0.25) is 0 Å². The Morgan fingerprint density at radius 1 is 1.25 bits per heavy atom. The van der Waals surface area contributed by atoms with Crippen LogP contribution in [-0.4, -0.2) is 11.1 Å². The Labute approximate surface area is 139 Å². The number of carbonyl (C=O) groups excluding carboxylic acids is 1. The molecule has 0 fully saturated rings. The van der Waals surface area contributed by atoms with Crippen molar-refractivity contribution in [2.75, 3.05) is 5.32 Å². The second-order valence-electron chi connectivity index (χ2n) is 5.60. The zero-order valence-corrected chi connectivity index (χ0v) is 13.6. The molecule has 0 aliphatic rings. The molecule has 1 aromatic carbocycles. The average molecular weight is 325 g/mol. The molecule has 1 amide bonds. The highest BCUT2D eigenvalue weighted by atomic mass is 16.5. The van der Waals surface area contributed by atoms with Crippen molar-refractivity contribution in [1.29, 1.82) is 0 Å². The topological polar surface area (TPSA) is 94.3 Å². The highest BCUT2D eigenvalue weighted by Gasteiger charge is 2.15. The lowest BCUT2D eigenvalue weighted by atomic mass is 10.1. The van der Waals surface area contributed by atoms with Gasteiger partial charge in [0.05, 0.1) is 5.69 Å². The molecule has 0 atom stereocenters. The van der Waals surface area contributed by atoms with Crippen molar-refractivity contribution < 1.29 is 13.7 Å². The van der Waals surface area contributed by atoms with Gasteiger partial charge in [-0.3, -0.25) is 4.79 Å². The molecular weight excluding hydrogens is 306 g/mol. The summed E-state index contributed by atoms with van der Waals surface area (Å²) in [6.45, 7) is 4.16. The molecule has 0 bridgehead atoms. The zero-order chi connectivity index (χ0) is 17.1. The first-order valence-electron chi connectivity index (χ1n) is 7.67. The van der Waals surface area contributed by atoms with Gasteiger partial charge in [-0.25, -0.2) is 0 Å². The molecule has 24 heavy (non-hydrogen) atoms. The standard InChI is InChI=1S/C18H19N3O3/c1-11-16(12(2)24-21-11)9-15-6-7-17(23-15)18(22)20-14-5-3-4-13(8-14)10-19/h3-8H,9-10,19H2,1-2H3,(H,20,22). The minimum atomic E-state index is -0.297. The van der Waals surface area contributed by atoms with Crippen molar-refractivity contribution in [3.63, 3.8) is 0 Å². The van der Waals surface area contributed by atoms with Gasteiger partial charge in [0.25, 0.3) is 5.91 Å². The van der Waals surface area contributed by atoms with E-state index in [-0.39, 0.29) is 11.7 Å². The molecule has 6 heteroatoms. The first-order chi connectivity index (χ1) is 11.6. The van der Waals surface area contributed by atoms with Gasteiger partial charge in [0.15, 0.2) is 5.76 Å². The third-order valence-corrected chi connectivity index (χ3v) is 3.84. The van der Waals surface area contributed by atoms with Crippen molar-refractivity contribution in [2.24, 2.45) is 5.73 Å². The number of nitrogens with one attached hydrogen (secondary N) is 1. The molecule has 0 unspecified atom stereocenters. The van der Waals surface area contributed by atoms with E-state index in [1.807, 2.05) is 38.1 Å². The van der Waals surface area contributed by atoms with Gasteiger partial charge < -0.3 is 20.0 Å². The van der Waals surface area contributed by atoms with Gasteiger partial charge in [0.1, 0.15) is 11.5 Å². The second kappa shape index (κ2) is 6.72. The van der Waals surface area contributed by atoms with Gasteiger partial charge in [-0.15, -0.1) is 0 Å². The summed E-state index contributed by atoms with van der Waals surface area (Å²) in [7, 11) is 0. The minimum Gasteiger partial charge on any atom is -0.456 e. The quantitative estimate of drug-likeness (QED) is 0.751. The van der Waals surface area contributed by atoms with Gasteiger partial charge in [-0.1, -0.05) is 17.3 Å². The number of nitrogens with zero attached hydrogens (tertiary/aromatic N) is 1. The lowest BCUT2D eigenvalue weighted by Gasteiger charge is -2.05. The average Bonchev–Trinajstić information content (AvgIpc) is 3.17. The molecule has 0 spiro atoms. The Morgan fingerprint density at radius 3 is 2.79 bits per heavy atom. The molecule has 2 heterocycles. The number of hydrogen-bond acceptors (Lipinski definition) is 5. The third-order valence-electron chi connectivity index (χ3n) is 3.84. The van der Waals surface area contributed by atoms with Crippen LogP contribution in [0.3, 0.4) is 0 Å². The molecule has 3 aromatic rings. The fourth-order valence-electron chi connectivity index (χ4n) is 2.49. The van der Waals surface area contributed by atoms with E-state index in [4.69, 9.17) is 14.7 Å². The minimum absolute atomic E-state index is 0.259. The van der Waals surface area contributed by atoms with Crippen LogP contribution in [0.5, 0.6) is 0 Å². The highest BCUT2D eigenvalue weighted by molar-refractivity contribution is 6.02. The fraction of sp³-hybridized carbons (Fsp3) is 0.222. The lowest BCUT2D eigenvalue weighted by Crippen LogP contribution is -2.11. The van der Waals surface area contributed by atoms with E-state index in [2.05, 4.69) is 10.5 Å². The van der Waals surface area contributed by atoms with Crippen molar-refractivity contribution in [1.82, 2.24) is 5.16 Å². The first kappa shape index (κ1) is 16.0. The monoisotopic (exact) mass is 325 g/mol. The van der Waals surface area contributed by atoms with E-state index >= 15 is 0 Å². The number of rotatable bonds is 5. The highest BCUT2D eigenvalue weighted by Crippen LogP contribution is 2.20. The van der Waals surface area contributed by atoms with Crippen LogP contribution in [0.1, 0.15) is 38.9 Å². The molecular formula is C18H19N3O3. The number of aromatic nitrogens is 1. The SMILES string of the molecule is Cc1noc(C)c1Cc1ccc(C(=O)Nc2cccc(CN)c2)o1. The van der Waals surface area contributed by atoms with Crippen LogP contribution in [-0.2, 0) is 13.0 Å². The van der Waals surface area contributed by atoms with E-state index in [1.165, 1.54) is 0 Å². The summed E-state index contributed by atoms with van der Waals surface area (Å²) in [4.78, 5) is 12.3. The fourth-order valence-corrected chi connectivity index (χ4v) is 2.49. The summed E-state index contributed by atoms with van der Waals surface area (Å²) >= 11 is 0. The summed E-state index contributed by atoms with van der Waals surface area (Å²) in [6.07, 6.45) is 0.539. The molecule has 3 N–H and O–H groups in total. The van der Waals surface area contributed by atoms with Crippen molar-refractivity contribution in [3.05, 3.63) is 70.5 Å². The van der Waals surface area contributed by atoms with Gasteiger partial charge in [0, 0.05) is 24.2 Å². The maximum atomic E-state index is 12.3. The molecule has 0 saturated carbocycles. The van der Waals surface area contributed by atoms with Crippen LogP contribution >= 0.6 is 0 Å². The number of furan rings is 1. The summed E-state index contributed by atoms with van der Waals surface area (Å²) < 4.78 is 10.8. The molecule has 3 rings (SSSR count). The maximum Gasteiger partial charge on any atom is 0.291 e. The number of carbonyl (C=O) groups is 1. The van der Waals surface area contributed by atoms with Crippen LogP contribution in [0.2, 0.25) is 0 Å². The molecule has 6 nitrogen and oxygen atoms in total.